The molecule has 1 aromatic rings. The van der Waals surface area contributed by atoms with Crippen molar-refractivity contribution >= 4 is 5.69 Å². The van der Waals surface area contributed by atoms with Crippen LogP contribution in [0, 0.1) is 12.3 Å². The SMILES string of the molecule is C#CCCc1ccc(N(CC)CC)cc1OC. The second-order valence-corrected chi connectivity index (χ2v) is 3.87. The summed E-state index contributed by atoms with van der Waals surface area (Å²) in [7, 11) is 1.71. The van der Waals surface area contributed by atoms with Gasteiger partial charge in [0.2, 0.25) is 0 Å². The van der Waals surface area contributed by atoms with Crippen LogP contribution in [0.2, 0.25) is 0 Å². The summed E-state index contributed by atoms with van der Waals surface area (Å²) in [6, 6.07) is 6.35. The summed E-state index contributed by atoms with van der Waals surface area (Å²) in [4.78, 5) is 2.30. The van der Waals surface area contributed by atoms with Crippen LogP contribution in [0.4, 0.5) is 5.69 Å². The third-order valence-corrected chi connectivity index (χ3v) is 2.94. The predicted molar refractivity (Wildman–Crippen MR) is 73.7 cm³/mol. The maximum atomic E-state index is 5.43. The standard InChI is InChI=1S/C15H21NO/c1-5-8-9-13-10-11-14(12-15(13)17-4)16(6-2)7-3/h1,10-12H,6-9H2,2-4H3. The highest BCUT2D eigenvalue weighted by Gasteiger charge is 2.07. The largest absolute Gasteiger partial charge is 0.496 e. The van der Waals surface area contributed by atoms with Crippen LogP contribution in [0.1, 0.15) is 25.8 Å². The third kappa shape index (κ3) is 3.42. The van der Waals surface area contributed by atoms with Crippen molar-refractivity contribution in [2.75, 3.05) is 25.1 Å². The molecule has 0 heterocycles. The summed E-state index contributed by atoms with van der Waals surface area (Å²) >= 11 is 0. The van der Waals surface area contributed by atoms with Crippen LogP contribution in [0.15, 0.2) is 18.2 Å². The molecule has 17 heavy (non-hydrogen) atoms. The number of hydrogen-bond acceptors (Lipinski definition) is 2. The summed E-state index contributed by atoms with van der Waals surface area (Å²) in [6.07, 6.45) is 6.91. The molecule has 0 saturated heterocycles. The van der Waals surface area contributed by atoms with E-state index in [0.717, 1.165) is 31.7 Å². The Morgan fingerprint density at radius 3 is 2.53 bits per heavy atom. The van der Waals surface area contributed by atoms with Crippen LogP contribution in [-0.2, 0) is 6.42 Å². The Balaban J connectivity index is 2.95. The first-order valence-corrected chi connectivity index (χ1v) is 6.12. The number of terminal acetylenes is 1. The minimum atomic E-state index is 0.751. The van der Waals surface area contributed by atoms with Gasteiger partial charge in [-0.3, -0.25) is 0 Å². The van der Waals surface area contributed by atoms with Gasteiger partial charge in [-0.1, -0.05) is 6.07 Å². The molecule has 2 nitrogen and oxygen atoms in total. The number of hydrogen-bond donors (Lipinski definition) is 0. The minimum Gasteiger partial charge on any atom is -0.496 e. The van der Waals surface area contributed by atoms with Gasteiger partial charge in [-0.25, -0.2) is 0 Å². The van der Waals surface area contributed by atoms with E-state index >= 15 is 0 Å². The maximum Gasteiger partial charge on any atom is 0.124 e. The molecular formula is C15H21NO. The molecule has 1 aromatic carbocycles. The van der Waals surface area contributed by atoms with E-state index in [9.17, 15) is 0 Å². The Morgan fingerprint density at radius 1 is 1.29 bits per heavy atom. The number of methoxy groups -OCH3 is 1. The van der Waals surface area contributed by atoms with Crippen molar-refractivity contribution in [1.29, 1.82) is 0 Å². The zero-order chi connectivity index (χ0) is 12.7. The molecule has 0 fully saturated rings. The smallest absolute Gasteiger partial charge is 0.124 e. The van der Waals surface area contributed by atoms with Gasteiger partial charge in [0.15, 0.2) is 0 Å². The average molecular weight is 231 g/mol. The van der Waals surface area contributed by atoms with Gasteiger partial charge in [0, 0.05) is 31.3 Å². The van der Waals surface area contributed by atoms with E-state index in [1.54, 1.807) is 7.11 Å². The lowest BCUT2D eigenvalue weighted by Crippen LogP contribution is -2.21. The van der Waals surface area contributed by atoms with Crippen molar-refractivity contribution in [2.24, 2.45) is 0 Å². The summed E-state index contributed by atoms with van der Waals surface area (Å²) in [5.74, 6) is 3.60. The lowest BCUT2D eigenvalue weighted by atomic mass is 10.1. The van der Waals surface area contributed by atoms with Crippen molar-refractivity contribution in [3.8, 4) is 18.1 Å². The van der Waals surface area contributed by atoms with Crippen LogP contribution in [0.3, 0.4) is 0 Å². The minimum absolute atomic E-state index is 0.751. The molecule has 0 aliphatic heterocycles. The fourth-order valence-corrected chi connectivity index (χ4v) is 1.93. The molecule has 0 aliphatic rings. The second-order valence-electron chi connectivity index (χ2n) is 3.87. The van der Waals surface area contributed by atoms with Crippen molar-refractivity contribution in [2.45, 2.75) is 26.7 Å². The predicted octanol–water partition coefficient (Wildman–Crippen LogP) is 3.11. The molecule has 0 bridgehead atoms. The normalized spacial score (nSPS) is 9.76. The molecule has 1 rings (SSSR count). The highest BCUT2D eigenvalue weighted by atomic mass is 16.5. The van der Waals surface area contributed by atoms with Crippen LogP contribution in [-0.4, -0.2) is 20.2 Å². The first-order chi connectivity index (χ1) is 8.26. The zero-order valence-corrected chi connectivity index (χ0v) is 11.0. The van der Waals surface area contributed by atoms with Crippen LogP contribution in [0.25, 0.3) is 0 Å². The first kappa shape index (κ1) is 13.4. The topological polar surface area (TPSA) is 12.5 Å². The molecule has 0 N–H and O–H groups in total. The first-order valence-electron chi connectivity index (χ1n) is 6.12. The zero-order valence-electron chi connectivity index (χ0n) is 11.0. The highest BCUT2D eigenvalue weighted by Crippen LogP contribution is 2.26. The van der Waals surface area contributed by atoms with E-state index in [-0.39, 0.29) is 0 Å². The van der Waals surface area contributed by atoms with Gasteiger partial charge in [0.1, 0.15) is 5.75 Å². The molecule has 0 radical (unpaired) electrons. The van der Waals surface area contributed by atoms with E-state index < -0.39 is 0 Å². The average Bonchev–Trinajstić information content (AvgIpc) is 2.38. The Morgan fingerprint density at radius 2 is 2.00 bits per heavy atom. The number of anilines is 1. The Bertz CT molecular complexity index is 388. The summed E-state index contributed by atoms with van der Waals surface area (Å²) in [5, 5.41) is 0. The van der Waals surface area contributed by atoms with Crippen LogP contribution in [0.5, 0.6) is 5.75 Å². The Hall–Kier alpha value is -1.62. The number of ether oxygens (including phenoxy) is 1. The van der Waals surface area contributed by atoms with Gasteiger partial charge in [0.05, 0.1) is 7.11 Å². The maximum absolute atomic E-state index is 5.43. The fourth-order valence-electron chi connectivity index (χ4n) is 1.93. The molecule has 0 atom stereocenters. The lowest BCUT2D eigenvalue weighted by Gasteiger charge is -2.22. The third-order valence-electron chi connectivity index (χ3n) is 2.94. The van der Waals surface area contributed by atoms with Crippen LogP contribution < -0.4 is 9.64 Å². The van der Waals surface area contributed by atoms with Gasteiger partial charge in [-0.05, 0) is 31.9 Å². The van der Waals surface area contributed by atoms with Crippen molar-refractivity contribution in [3.05, 3.63) is 23.8 Å². The van der Waals surface area contributed by atoms with E-state index in [1.807, 2.05) is 0 Å². The summed E-state index contributed by atoms with van der Waals surface area (Å²) in [6.45, 7) is 6.32. The van der Waals surface area contributed by atoms with Crippen LogP contribution >= 0.6 is 0 Å². The number of rotatable bonds is 6. The van der Waals surface area contributed by atoms with Crippen molar-refractivity contribution in [1.82, 2.24) is 0 Å². The van der Waals surface area contributed by atoms with E-state index in [0.29, 0.717) is 0 Å². The van der Waals surface area contributed by atoms with Crippen molar-refractivity contribution in [3.63, 3.8) is 0 Å². The highest BCUT2D eigenvalue weighted by molar-refractivity contribution is 5.53. The molecule has 0 saturated carbocycles. The van der Waals surface area contributed by atoms with E-state index in [1.165, 1.54) is 11.3 Å². The van der Waals surface area contributed by atoms with E-state index in [4.69, 9.17) is 11.2 Å². The Labute approximate surface area is 105 Å². The molecule has 92 valence electrons. The summed E-state index contributed by atoms with van der Waals surface area (Å²) < 4.78 is 5.43. The fraction of sp³-hybridized carbons (Fsp3) is 0.467. The second kappa shape index (κ2) is 6.85. The van der Waals surface area contributed by atoms with Gasteiger partial charge in [0.25, 0.3) is 0 Å². The molecule has 0 aromatic heterocycles. The molecule has 0 unspecified atom stereocenters. The molecule has 0 amide bonds. The molecule has 2 heteroatoms. The lowest BCUT2D eigenvalue weighted by molar-refractivity contribution is 0.409. The Kier molecular flexibility index (Phi) is 5.42. The number of aryl methyl sites for hydroxylation is 1. The number of benzene rings is 1. The van der Waals surface area contributed by atoms with Gasteiger partial charge >= 0.3 is 0 Å². The molecular weight excluding hydrogens is 210 g/mol. The van der Waals surface area contributed by atoms with Gasteiger partial charge < -0.3 is 9.64 Å². The van der Waals surface area contributed by atoms with Gasteiger partial charge in [-0.2, -0.15) is 0 Å². The monoisotopic (exact) mass is 231 g/mol. The molecule has 0 spiro atoms. The van der Waals surface area contributed by atoms with Crippen molar-refractivity contribution < 1.29 is 4.74 Å². The quantitative estimate of drug-likeness (QED) is 0.697. The number of nitrogens with zero attached hydrogens (tertiary/aromatic N) is 1. The molecule has 0 aliphatic carbocycles. The summed E-state index contributed by atoms with van der Waals surface area (Å²) in [5.41, 5.74) is 2.39. The van der Waals surface area contributed by atoms with Gasteiger partial charge in [-0.15, -0.1) is 12.3 Å². The van der Waals surface area contributed by atoms with E-state index in [2.05, 4.69) is 42.9 Å².